The number of benzene rings is 2. The molecule has 2 unspecified atom stereocenters. The molecule has 25 heavy (non-hydrogen) atoms. The first-order valence-electron chi connectivity index (χ1n) is 9.22. The highest BCUT2D eigenvalue weighted by atomic mass is 32.2. The molecule has 3 heteroatoms. The number of carbonyl (C=O) groups excluding carboxylic acids is 1. The number of hydrogen-bond acceptors (Lipinski definition) is 2. The number of carbonyl (C=O) groups is 1. The van der Waals surface area contributed by atoms with E-state index < -0.39 is 0 Å². The van der Waals surface area contributed by atoms with Gasteiger partial charge in [-0.05, 0) is 43.1 Å². The van der Waals surface area contributed by atoms with Gasteiger partial charge in [-0.2, -0.15) is 11.8 Å². The maximum atomic E-state index is 13.7. The number of amides is 1. The molecule has 0 aromatic heterocycles. The van der Waals surface area contributed by atoms with Crippen molar-refractivity contribution >= 4 is 17.7 Å². The van der Waals surface area contributed by atoms with Crippen molar-refractivity contribution in [3.63, 3.8) is 0 Å². The molecule has 2 aromatic rings. The van der Waals surface area contributed by atoms with Crippen molar-refractivity contribution in [2.45, 2.75) is 48.9 Å². The molecule has 1 amide bonds. The summed E-state index contributed by atoms with van der Waals surface area (Å²) >= 11 is 1.97. The monoisotopic (exact) mass is 351 g/mol. The van der Waals surface area contributed by atoms with Crippen LogP contribution in [0.3, 0.4) is 0 Å². The highest BCUT2D eigenvalue weighted by molar-refractivity contribution is 7.99. The fraction of sp³-hybridized carbons (Fsp3) is 0.409. The van der Waals surface area contributed by atoms with Gasteiger partial charge in [0.2, 0.25) is 5.91 Å². The van der Waals surface area contributed by atoms with Crippen LogP contribution in [0, 0.1) is 0 Å². The molecule has 2 nitrogen and oxygen atoms in total. The first kappa shape index (κ1) is 16.7. The highest BCUT2D eigenvalue weighted by Crippen LogP contribution is 2.42. The largest absolute Gasteiger partial charge is 0.336 e. The summed E-state index contributed by atoms with van der Waals surface area (Å²) in [5.41, 5.74) is 2.20. The molecule has 2 fully saturated rings. The predicted octanol–water partition coefficient (Wildman–Crippen LogP) is 4.70. The van der Waals surface area contributed by atoms with Gasteiger partial charge in [0.05, 0.1) is 5.92 Å². The SMILES string of the molecule is CSC1CC2CCC(C1)N2C(=O)C(c1ccccc1)c1ccccc1. The number of hydrogen-bond donors (Lipinski definition) is 0. The lowest BCUT2D eigenvalue weighted by Gasteiger charge is -2.40. The second-order valence-corrected chi connectivity index (χ2v) is 8.35. The summed E-state index contributed by atoms with van der Waals surface area (Å²) in [5.74, 6) is 0.112. The van der Waals surface area contributed by atoms with Crippen LogP contribution in [0.2, 0.25) is 0 Å². The standard InChI is InChI=1S/C22H25NOS/c1-25-20-14-18-12-13-19(15-20)23(18)22(24)21(16-8-4-2-5-9-16)17-10-6-3-7-11-17/h2-11,18-21H,12-15H2,1H3. The van der Waals surface area contributed by atoms with Crippen LogP contribution >= 0.6 is 11.8 Å². The van der Waals surface area contributed by atoms with Crippen LogP contribution in [0.4, 0.5) is 0 Å². The Morgan fingerprint density at radius 2 is 1.40 bits per heavy atom. The summed E-state index contributed by atoms with van der Waals surface area (Å²) in [6, 6.07) is 21.4. The van der Waals surface area contributed by atoms with Gasteiger partial charge in [-0.15, -0.1) is 0 Å². The zero-order chi connectivity index (χ0) is 17.2. The van der Waals surface area contributed by atoms with Crippen LogP contribution in [0.5, 0.6) is 0 Å². The van der Waals surface area contributed by atoms with Crippen molar-refractivity contribution in [1.29, 1.82) is 0 Å². The normalized spacial score (nSPS) is 25.4. The Morgan fingerprint density at radius 3 is 1.84 bits per heavy atom. The topological polar surface area (TPSA) is 20.3 Å². The lowest BCUT2D eigenvalue weighted by Crippen LogP contribution is -2.49. The second kappa shape index (κ2) is 7.25. The second-order valence-electron chi connectivity index (χ2n) is 7.21. The predicted molar refractivity (Wildman–Crippen MR) is 105 cm³/mol. The van der Waals surface area contributed by atoms with E-state index >= 15 is 0 Å². The van der Waals surface area contributed by atoms with Crippen molar-refractivity contribution in [1.82, 2.24) is 4.90 Å². The molecule has 2 saturated heterocycles. The van der Waals surface area contributed by atoms with Gasteiger partial charge in [-0.1, -0.05) is 60.7 Å². The van der Waals surface area contributed by atoms with Crippen molar-refractivity contribution in [2.24, 2.45) is 0 Å². The molecule has 2 bridgehead atoms. The molecule has 0 spiro atoms. The Labute approximate surface area is 154 Å². The molecule has 2 heterocycles. The third-order valence-corrected chi connectivity index (χ3v) is 6.84. The molecule has 2 atom stereocenters. The summed E-state index contributed by atoms with van der Waals surface area (Å²) in [6.45, 7) is 0. The summed E-state index contributed by atoms with van der Waals surface area (Å²) in [6.07, 6.45) is 6.85. The van der Waals surface area contributed by atoms with E-state index in [0.29, 0.717) is 23.2 Å². The maximum absolute atomic E-state index is 13.7. The highest BCUT2D eigenvalue weighted by Gasteiger charge is 2.45. The van der Waals surface area contributed by atoms with Crippen molar-refractivity contribution in [3.8, 4) is 0 Å². The van der Waals surface area contributed by atoms with E-state index in [4.69, 9.17) is 0 Å². The minimum absolute atomic E-state index is 0.184. The van der Waals surface area contributed by atoms with Gasteiger partial charge in [0.15, 0.2) is 0 Å². The smallest absolute Gasteiger partial charge is 0.235 e. The van der Waals surface area contributed by atoms with Crippen molar-refractivity contribution < 1.29 is 4.79 Å². The van der Waals surface area contributed by atoms with Crippen LogP contribution in [-0.4, -0.2) is 34.4 Å². The first-order chi connectivity index (χ1) is 12.3. The van der Waals surface area contributed by atoms with Gasteiger partial charge in [-0.3, -0.25) is 4.79 Å². The van der Waals surface area contributed by atoms with Gasteiger partial charge < -0.3 is 4.90 Å². The van der Waals surface area contributed by atoms with Gasteiger partial charge in [0.25, 0.3) is 0 Å². The molecular weight excluding hydrogens is 326 g/mol. The average molecular weight is 352 g/mol. The summed E-state index contributed by atoms with van der Waals surface area (Å²) in [5, 5.41) is 0.716. The minimum Gasteiger partial charge on any atom is -0.336 e. The van der Waals surface area contributed by atoms with Gasteiger partial charge >= 0.3 is 0 Å². The number of nitrogens with zero attached hydrogens (tertiary/aromatic N) is 1. The Bertz CT molecular complexity index is 664. The third-order valence-electron chi connectivity index (χ3n) is 5.79. The Morgan fingerprint density at radius 1 is 0.920 bits per heavy atom. The van der Waals surface area contributed by atoms with Crippen LogP contribution < -0.4 is 0 Å². The van der Waals surface area contributed by atoms with Crippen LogP contribution in [0.25, 0.3) is 0 Å². The molecule has 130 valence electrons. The molecule has 2 aromatic carbocycles. The van der Waals surface area contributed by atoms with E-state index in [-0.39, 0.29) is 5.92 Å². The van der Waals surface area contributed by atoms with E-state index in [1.807, 2.05) is 48.2 Å². The van der Waals surface area contributed by atoms with Crippen molar-refractivity contribution in [3.05, 3.63) is 71.8 Å². The summed E-state index contributed by atoms with van der Waals surface area (Å²) in [4.78, 5) is 15.9. The number of thioether (sulfide) groups is 1. The van der Waals surface area contributed by atoms with Crippen LogP contribution in [0.1, 0.15) is 42.7 Å². The molecule has 0 N–H and O–H groups in total. The van der Waals surface area contributed by atoms with Gasteiger partial charge in [-0.25, -0.2) is 0 Å². The Hall–Kier alpha value is -1.74. The average Bonchev–Trinajstić information content (AvgIpc) is 2.93. The molecule has 2 aliphatic heterocycles. The van der Waals surface area contributed by atoms with E-state index in [9.17, 15) is 4.79 Å². The van der Waals surface area contributed by atoms with Crippen LogP contribution in [-0.2, 0) is 4.79 Å². The minimum atomic E-state index is -0.184. The summed E-state index contributed by atoms with van der Waals surface area (Å²) < 4.78 is 0. The molecule has 0 aliphatic carbocycles. The summed E-state index contributed by atoms with van der Waals surface area (Å²) in [7, 11) is 0. The first-order valence-corrected chi connectivity index (χ1v) is 10.5. The number of fused-ring (bicyclic) bond motifs is 2. The number of piperidine rings is 1. The Balaban J connectivity index is 1.68. The molecule has 2 aliphatic rings. The Kier molecular flexibility index (Phi) is 4.85. The van der Waals surface area contributed by atoms with E-state index in [1.165, 1.54) is 12.8 Å². The molecular formula is C22H25NOS. The zero-order valence-corrected chi connectivity index (χ0v) is 15.5. The van der Waals surface area contributed by atoms with E-state index in [0.717, 1.165) is 24.0 Å². The third kappa shape index (κ3) is 3.22. The molecule has 0 saturated carbocycles. The quantitative estimate of drug-likeness (QED) is 0.795. The van der Waals surface area contributed by atoms with E-state index in [2.05, 4.69) is 35.4 Å². The zero-order valence-electron chi connectivity index (χ0n) is 14.7. The molecule has 4 rings (SSSR count). The van der Waals surface area contributed by atoms with Gasteiger partial charge in [0, 0.05) is 17.3 Å². The van der Waals surface area contributed by atoms with E-state index in [1.54, 1.807) is 0 Å². The fourth-order valence-corrected chi connectivity index (χ4v) is 5.43. The lowest BCUT2D eigenvalue weighted by molar-refractivity contribution is -0.136. The lowest BCUT2D eigenvalue weighted by atomic mass is 9.88. The maximum Gasteiger partial charge on any atom is 0.235 e. The van der Waals surface area contributed by atoms with Crippen molar-refractivity contribution in [2.75, 3.05) is 6.26 Å². The number of rotatable bonds is 4. The van der Waals surface area contributed by atoms with Gasteiger partial charge in [0.1, 0.15) is 0 Å². The molecule has 0 radical (unpaired) electrons. The van der Waals surface area contributed by atoms with Crippen LogP contribution in [0.15, 0.2) is 60.7 Å². The fourth-order valence-electron chi connectivity index (χ4n) is 4.60.